The Balaban J connectivity index is 1.88. The van der Waals surface area contributed by atoms with Crippen LogP contribution in [0.1, 0.15) is 66.2 Å². The van der Waals surface area contributed by atoms with Crippen LogP contribution in [0, 0.1) is 11.8 Å². The Labute approximate surface area is 120 Å². The van der Waals surface area contributed by atoms with Gasteiger partial charge in [-0.3, -0.25) is 4.90 Å². The number of likely N-dealkylation sites (tertiary alicyclic amines) is 1. The third-order valence-corrected chi connectivity index (χ3v) is 5.52. The second-order valence-corrected chi connectivity index (χ2v) is 6.93. The van der Waals surface area contributed by atoms with Crippen molar-refractivity contribution in [1.82, 2.24) is 10.2 Å². The van der Waals surface area contributed by atoms with Gasteiger partial charge in [-0.25, -0.2) is 0 Å². The Kier molecular flexibility index (Phi) is 5.70. The Hall–Kier alpha value is -0.0800. The van der Waals surface area contributed by atoms with E-state index in [9.17, 15) is 0 Å². The number of rotatable bonds is 7. The molecule has 4 unspecified atom stereocenters. The summed E-state index contributed by atoms with van der Waals surface area (Å²) >= 11 is 0. The molecule has 19 heavy (non-hydrogen) atoms. The van der Waals surface area contributed by atoms with Crippen molar-refractivity contribution in [2.45, 2.75) is 84.3 Å². The third kappa shape index (κ3) is 3.95. The highest BCUT2D eigenvalue weighted by molar-refractivity contribution is 4.92. The summed E-state index contributed by atoms with van der Waals surface area (Å²) in [7, 11) is 0. The fourth-order valence-electron chi connectivity index (χ4n) is 3.80. The van der Waals surface area contributed by atoms with Crippen molar-refractivity contribution in [2.75, 3.05) is 13.1 Å². The second kappa shape index (κ2) is 7.08. The van der Waals surface area contributed by atoms with Crippen molar-refractivity contribution in [3.05, 3.63) is 0 Å². The molecule has 4 atom stereocenters. The quantitative estimate of drug-likeness (QED) is 0.756. The van der Waals surface area contributed by atoms with Gasteiger partial charge in [0.15, 0.2) is 0 Å². The first-order chi connectivity index (χ1) is 9.17. The molecule has 0 aromatic rings. The Morgan fingerprint density at radius 1 is 1.16 bits per heavy atom. The maximum Gasteiger partial charge on any atom is 0.0120 e. The van der Waals surface area contributed by atoms with Crippen molar-refractivity contribution in [3.8, 4) is 0 Å². The van der Waals surface area contributed by atoms with Gasteiger partial charge in [-0.2, -0.15) is 0 Å². The monoisotopic (exact) mass is 266 g/mol. The highest BCUT2D eigenvalue weighted by Gasteiger charge is 2.36. The molecule has 1 N–H and O–H groups in total. The molecular weight excluding hydrogens is 232 g/mol. The van der Waals surface area contributed by atoms with Crippen LogP contribution in [0.15, 0.2) is 0 Å². The van der Waals surface area contributed by atoms with Crippen molar-refractivity contribution in [2.24, 2.45) is 11.8 Å². The van der Waals surface area contributed by atoms with E-state index in [1.165, 1.54) is 51.6 Å². The highest BCUT2D eigenvalue weighted by atomic mass is 15.2. The fraction of sp³-hybridized carbons (Fsp3) is 1.00. The second-order valence-electron chi connectivity index (χ2n) is 6.93. The molecule has 2 rings (SSSR count). The lowest BCUT2D eigenvalue weighted by Gasteiger charge is -2.46. The lowest BCUT2D eigenvalue weighted by atomic mass is 9.85. The number of hydrogen-bond donors (Lipinski definition) is 1. The van der Waals surface area contributed by atoms with Crippen LogP contribution in [0.4, 0.5) is 0 Å². The SMILES string of the molecule is CCCNC1CCN(C(CC)CC2CC2)C(C)C1C. The average Bonchev–Trinajstić information content (AvgIpc) is 3.22. The van der Waals surface area contributed by atoms with Gasteiger partial charge >= 0.3 is 0 Å². The predicted octanol–water partition coefficient (Wildman–Crippen LogP) is 3.66. The molecule has 1 aliphatic heterocycles. The lowest BCUT2D eigenvalue weighted by molar-refractivity contribution is 0.0395. The van der Waals surface area contributed by atoms with E-state index in [1.54, 1.807) is 0 Å². The number of nitrogens with zero attached hydrogens (tertiary/aromatic N) is 1. The largest absolute Gasteiger partial charge is 0.314 e. The summed E-state index contributed by atoms with van der Waals surface area (Å²) in [5.41, 5.74) is 0. The minimum absolute atomic E-state index is 0.740. The predicted molar refractivity (Wildman–Crippen MR) is 83.5 cm³/mol. The number of piperidine rings is 1. The molecule has 2 fully saturated rings. The van der Waals surface area contributed by atoms with Crippen LogP contribution in [-0.2, 0) is 0 Å². The van der Waals surface area contributed by atoms with E-state index in [2.05, 4.69) is 37.9 Å². The average molecular weight is 266 g/mol. The standard InChI is InChI=1S/C17H34N2/c1-5-10-18-17-9-11-19(14(4)13(17)3)16(6-2)12-15-7-8-15/h13-18H,5-12H2,1-4H3. The lowest BCUT2D eigenvalue weighted by Crippen LogP contribution is -2.56. The Bertz CT molecular complexity index is 262. The number of nitrogens with one attached hydrogen (secondary N) is 1. The van der Waals surface area contributed by atoms with Crippen molar-refractivity contribution in [3.63, 3.8) is 0 Å². The zero-order valence-corrected chi connectivity index (χ0v) is 13.5. The normalized spacial score (nSPS) is 34.4. The minimum Gasteiger partial charge on any atom is -0.314 e. The molecular formula is C17H34N2. The summed E-state index contributed by atoms with van der Waals surface area (Å²) in [6.07, 6.45) is 8.37. The molecule has 1 saturated heterocycles. The van der Waals surface area contributed by atoms with E-state index in [0.717, 1.165) is 30.0 Å². The van der Waals surface area contributed by atoms with Gasteiger partial charge < -0.3 is 5.32 Å². The van der Waals surface area contributed by atoms with Crippen LogP contribution in [0.5, 0.6) is 0 Å². The van der Waals surface area contributed by atoms with Crippen molar-refractivity contribution in [1.29, 1.82) is 0 Å². The summed E-state index contributed by atoms with van der Waals surface area (Å²) in [5.74, 6) is 1.84. The summed E-state index contributed by atoms with van der Waals surface area (Å²) < 4.78 is 0. The van der Waals surface area contributed by atoms with Gasteiger partial charge in [0, 0.05) is 24.7 Å². The van der Waals surface area contributed by atoms with E-state index in [0.29, 0.717) is 0 Å². The smallest absolute Gasteiger partial charge is 0.0120 e. The van der Waals surface area contributed by atoms with Crippen molar-refractivity contribution < 1.29 is 0 Å². The maximum absolute atomic E-state index is 3.76. The molecule has 0 amide bonds. The Morgan fingerprint density at radius 3 is 2.47 bits per heavy atom. The van der Waals surface area contributed by atoms with Gasteiger partial charge in [0.2, 0.25) is 0 Å². The van der Waals surface area contributed by atoms with Crippen LogP contribution in [0.25, 0.3) is 0 Å². The molecule has 2 aliphatic rings. The van der Waals surface area contributed by atoms with Gasteiger partial charge in [-0.15, -0.1) is 0 Å². The molecule has 1 heterocycles. The van der Waals surface area contributed by atoms with E-state index >= 15 is 0 Å². The molecule has 0 radical (unpaired) electrons. The van der Waals surface area contributed by atoms with E-state index in [-0.39, 0.29) is 0 Å². The van der Waals surface area contributed by atoms with Gasteiger partial charge in [0.25, 0.3) is 0 Å². The fourth-order valence-corrected chi connectivity index (χ4v) is 3.80. The molecule has 2 heteroatoms. The number of hydrogen-bond acceptors (Lipinski definition) is 2. The van der Waals surface area contributed by atoms with Crippen LogP contribution in [0.2, 0.25) is 0 Å². The van der Waals surface area contributed by atoms with Gasteiger partial charge in [0.05, 0.1) is 0 Å². The van der Waals surface area contributed by atoms with Crippen LogP contribution >= 0.6 is 0 Å². The molecule has 0 aromatic carbocycles. The molecule has 1 aliphatic carbocycles. The van der Waals surface area contributed by atoms with Crippen LogP contribution < -0.4 is 5.32 Å². The summed E-state index contributed by atoms with van der Waals surface area (Å²) in [6, 6.07) is 2.33. The van der Waals surface area contributed by atoms with Crippen LogP contribution in [0.3, 0.4) is 0 Å². The third-order valence-electron chi connectivity index (χ3n) is 5.52. The zero-order valence-electron chi connectivity index (χ0n) is 13.5. The Morgan fingerprint density at radius 2 is 1.89 bits per heavy atom. The molecule has 112 valence electrons. The first-order valence-corrected chi connectivity index (χ1v) is 8.66. The van der Waals surface area contributed by atoms with Crippen LogP contribution in [-0.4, -0.2) is 36.1 Å². The highest BCUT2D eigenvalue weighted by Crippen LogP contribution is 2.37. The molecule has 0 bridgehead atoms. The molecule has 1 saturated carbocycles. The van der Waals surface area contributed by atoms with Crippen molar-refractivity contribution >= 4 is 0 Å². The molecule has 2 nitrogen and oxygen atoms in total. The first kappa shape index (κ1) is 15.3. The summed E-state index contributed by atoms with van der Waals surface area (Å²) in [4.78, 5) is 2.83. The summed E-state index contributed by atoms with van der Waals surface area (Å²) in [6.45, 7) is 12.0. The molecule has 0 aromatic heterocycles. The first-order valence-electron chi connectivity index (χ1n) is 8.66. The maximum atomic E-state index is 3.76. The van der Waals surface area contributed by atoms with E-state index < -0.39 is 0 Å². The summed E-state index contributed by atoms with van der Waals surface area (Å²) in [5, 5.41) is 3.76. The van der Waals surface area contributed by atoms with Gasteiger partial charge in [0.1, 0.15) is 0 Å². The van der Waals surface area contributed by atoms with Gasteiger partial charge in [-0.05, 0) is 51.0 Å². The zero-order chi connectivity index (χ0) is 13.8. The van der Waals surface area contributed by atoms with E-state index in [1.807, 2.05) is 0 Å². The molecule has 0 spiro atoms. The minimum atomic E-state index is 0.740. The topological polar surface area (TPSA) is 15.3 Å². The van der Waals surface area contributed by atoms with E-state index in [4.69, 9.17) is 0 Å². The van der Waals surface area contributed by atoms with Gasteiger partial charge in [-0.1, -0.05) is 33.6 Å².